The number of unbranched alkanes of at least 4 members (excludes halogenated alkanes) is 8. The third kappa shape index (κ3) is 6.76. The van der Waals surface area contributed by atoms with Crippen molar-refractivity contribution in [3.05, 3.63) is 12.2 Å². The Morgan fingerprint density at radius 2 is 1.14 bits per heavy atom. The lowest BCUT2D eigenvalue weighted by atomic mass is 9.99. The van der Waals surface area contributed by atoms with Gasteiger partial charge in [0.25, 0.3) is 11.8 Å². The largest absolute Gasteiger partial charge is 0.272 e. The smallest absolute Gasteiger partial charge is 0.253 e. The molecule has 0 radical (unpaired) electrons. The first-order valence-electron chi connectivity index (χ1n) is 9.26. The van der Waals surface area contributed by atoms with Crippen LogP contribution in [0.15, 0.2) is 12.2 Å². The molecule has 0 fully saturated rings. The van der Waals surface area contributed by atoms with E-state index >= 15 is 0 Å². The summed E-state index contributed by atoms with van der Waals surface area (Å²) >= 11 is 0. The fourth-order valence-corrected chi connectivity index (χ4v) is 3.14. The van der Waals surface area contributed by atoms with Crippen molar-refractivity contribution in [1.82, 2.24) is 4.90 Å². The summed E-state index contributed by atoms with van der Waals surface area (Å²) in [5.74, 6) is -0.228. The minimum atomic E-state index is -0.114. The van der Waals surface area contributed by atoms with Gasteiger partial charge in [0.1, 0.15) is 0 Å². The van der Waals surface area contributed by atoms with Crippen molar-refractivity contribution in [3.63, 3.8) is 0 Å². The minimum absolute atomic E-state index is 0.109. The summed E-state index contributed by atoms with van der Waals surface area (Å²) in [4.78, 5) is 25.3. The molecule has 0 saturated carbocycles. The number of carbonyl (C=O) groups is 2. The van der Waals surface area contributed by atoms with E-state index in [1.165, 1.54) is 68.4 Å². The number of amides is 2. The maximum absolute atomic E-state index is 11.9. The highest BCUT2D eigenvalue weighted by atomic mass is 16.2. The van der Waals surface area contributed by atoms with Gasteiger partial charge in [-0.25, -0.2) is 0 Å². The van der Waals surface area contributed by atoms with Gasteiger partial charge in [-0.1, -0.05) is 78.1 Å². The quantitative estimate of drug-likeness (QED) is 0.354. The van der Waals surface area contributed by atoms with E-state index in [9.17, 15) is 9.59 Å². The highest BCUT2D eigenvalue weighted by Gasteiger charge is 2.30. The molecule has 1 aliphatic rings. The number of hydrogen-bond acceptors (Lipinski definition) is 2. The molecule has 22 heavy (non-hydrogen) atoms. The lowest BCUT2D eigenvalue weighted by Gasteiger charge is -2.26. The molecule has 3 heteroatoms. The Kier molecular flexibility index (Phi) is 9.85. The fourth-order valence-electron chi connectivity index (χ4n) is 3.14. The Morgan fingerprint density at radius 3 is 1.55 bits per heavy atom. The maximum Gasteiger partial charge on any atom is 0.253 e. The second-order valence-corrected chi connectivity index (χ2v) is 6.44. The number of imide groups is 1. The molecular formula is C19H33NO2. The second-order valence-electron chi connectivity index (χ2n) is 6.44. The van der Waals surface area contributed by atoms with Crippen molar-refractivity contribution >= 4 is 11.8 Å². The maximum atomic E-state index is 11.9. The molecule has 0 aliphatic carbocycles. The summed E-state index contributed by atoms with van der Waals surface area (Å²) < 4.78 is 0. The molecule has 0 spiro atoms. The zero-order valence-electron chi connectivity index (χ0n) is 14.5. The van der Waals surface area contributed by atoms with Crippen LogP contribution < -0.4 is 0 Å². The first-order chi connectivity index (χ1) is 10.7. The van der Waals surface area contributed by atoms with E-state index in [4.69, 9.17) is 0 Å². The van der Waals surface area contributed by atoms with E-state index in [1.54, 1.807) is 0 Å². The van der Waals surface area contributed by atoms with Gasteiger partial charge in [-0.05, 0) is 12.8 Å². The molecule has 1 heterocycles. The number of rotatable bonds is 13. The highest BCUT2D eigenvalue weighted by molar-refractivity contribution is 6.13. The van der Waals surface area contributed by atoms with Gasteiger partial charge in [-0.15, -0.1) is 0 Å². The van der Waals surface area contributed by atoms with Crippen molar-refractivity contribution in [2.45, 2.75) is 96.9 Å². The molecule has 126 valence electrons. The standard InChI is InChI=1S/C19H33NO2/c1-3-5-7-9-11-13-17(14-12-10-8-6-4-2)20-18(21)15-16-19(20)22/h15-17H,3-14H2,1-2H3. The summed E-state index contributed by atoms with van der Waals surface area (Å²) in [5.41, 5.74) is 0. The Labute approximate surface area is 136 Å². The first-order valence-corrected chi connectivity index (χ1v) is 9.26. The molecule has 0 aromatic heterocycles. The molecule has 0 bridgehead atoms. The van der Waals surface area contributed by atoms with Gasteiger partial charge in [0.15, 0.2) is 0 Å². The molecule has 0 saturated heterocycles. The van der Waals surface area contributed by atoms with Crippen LogP contribution in [0, 0.1) is 0 Å². The molecule has 0 atom stereocenters. The lowest BCUT2D eigenvalue weighted by molar-refractivity contribution is -0.139. The summed E-state index contributed by atoms with van der Waals surface area (Å²) in [6, 6.07) is 0.109. The van der Waals surface area contributed by atoms with Crippen LogP contribution in [0.4, 0.5) is 0 Å². The SMILES string of the molecule is CCCCCCCC(CCCCCCC)N1C(=O)C=CC1=O. The third-order valence-electron chi connectivity index (χ3n) is 4.49. The molecular weight excluding hydrogens is 274 g/mol. The van der Waals surface area contributed by atoms with Gasteiger partial charge >= 0.3 is 0 Å². The van der Waals surface area contributed by atoms with Gasteiger partial charge in [0.2, 0.25) is 0 Å². The monoisotopic (exact) mass is 307 g/mol. The Hall–Kier alpha value is -1.12. The average molecular weight is 307 g/mol. The highest BCUT2D eigenvalue weighted by Crippen LogP contribution is 2.21. The van der Waals surface area contributed by atoms with Crippen LogP contribution in [-0.2, 0) is 9.59 Å². The molecule has 0 N–H and O–H groups in total. The molecule has 0 aromatic rings. The number of hydrogen-bond donors (Lipinski definition) is 0. The van der Waals surface area contributed by atoms with Gasteiger partial charge in [0.05, 0.1) is 0 Å². The van der Waals surface area contributed by atoms with Gasteiger partial charge < -0.3 is 0 Å². The molecule has 1 rings (SSSR count). The van der Waals surface area contributed by atoms with Gasteiger partial charge in [-0.2, -0.15) is 0 Å². The molecule has 1 aliphatic heterocycles. The van der Waals surface area contributed by atoms with Crippen molar-refractivity contribution in [3.8, 4) is 0 Å². The molecule has 0 aromatic carbocycles. The van der Waals surface area contributed by atoms with Crippen molar-refractivity contribution < 1.29 is 9.59 Å². The van der Waals surface area contributed by atoms with Crippen molar-refractivity contribution in [2.24, 2.45) is 0 Å². The van der Waals surface area contributed by atoms with Crippen LogP contribution in [0.3, 0.4) is 0 Å². The van der Waals surface area contributed by atoms with E-state index < -0.39 is 0 Å². The van der Waals surface area contributed by atoms with Gasteiger partial charge in [-0.3, -0.25) is 14.5 Å². The normalized spacial score (nSPS) is 14.6. The van der Waals surface area contributed by atoms with Crippen LogP contribution in [0.25, 0.3) is 0 Å². The molecule has 0 unspecified atom stereocenters. The van der Waals surface area contributed by atoms with Crippen LogP contribution in [-0.4, -0.2) is 22.8 Å². The van der Waals surface area contributed by atoms with E-state index in [-0.39, 0.29) is 17.9 Å². The van der Waals surface area contributed by atoms with E-state index in [0.717, 1.165) is 25.7 Å². The summed E-state index contributed by atoms with van der Waals surface area (Å²) in [5, 5.41) is 0. The first kappa shape index (κ1) is 18.9. The Morgan fingerprint density at radius 1 is 0.727 bits per heavy atom. The van der Waals surface area contributed by atoms with Crippen LogP contribution in [0.2, 0.25) is 0 Å². The summed E-state index contributed by atoms with van der Waals surface area (Å²) in [6.07, 6.45) is 17.0. The predicted octanol–water partition coefficient (Wildman–Crippen LogP) is 5.00. The van der Waals surface area contributed by atoms with Crippen LogP contribution in [0.5, 0.6) is 0 Å². The summed E-state index contributed by atoms with van der Waals surface area (Å²) in [7, 11) is 0. The topological polar surface area (TPSA) is 37.4 Å². The third-order valence-corrected chi connectivity index (χ3v) is 4.49. The van der Waals surface area contributed by atoms with E-state index in [1.807, 2.05) is 0 Å². The van der Waals surface area contributed by atoms with Crippen molar-refractivity contribution in [1.29, 1.82) is 0 Å². The second kappa shape index (κ2) is 11.4. The minimum Gasteiger partial charge on any atom is -0.272 e. The summed E-state index contributed by atoms with van der Waals surface area (Å²) in [6.45, 7) is 4.43. The van der Waals surface area contributed by atoms with Crippen molar-refractivity contribution in [2.75, 3.05) is 0 Å². The predicted molar refractivity (Wildman–Crippen MR) is 91.5 cm³/mol. The van der Waals surface area contributed by atoms with Gasteiger partial charge in [0, 0.05) is 18.2 Å². The number of nitrogens with zero attached hydrogens (tertiary/aromatic N) is 1. The zero-order chi connectivity index (χ0) is 16.2. The Balaban J connectivity index is 2.39. The lowest BCUT2D eigenvalue weighted by Crippen LogP contribution is -2.40. The number of carbonyl (C=O) groups excluding carboxylic acids is 2. The molecule has 2 amide bonds. The van der Waals surface area contributed by atoms with E-state index in [0.29, 0.717) is 0 Å². The van der Waals surface area contributed by atoms with E-state index in [2.05, 4.69) is 13.8 Å². The zero-order valence-corrected chi connectivity index (χ0v) is 14.5. The van der Waals surface area contributed by atoms with Crippen LogP contribution >= 0.6 is 0 Å². The average Bonchev–Trinajstić information content (AvgIpc) is 2.84. The Bertz CT molecular complexity index is 330. The molecule has 3 nitrogen and oxygen atoms in total. The fraction of sp³-hybridized carbons (Fsp3) is 0.789. The van der Waals surface area contributed by atoms with Crippen LogP contribution in [0.1, 0.15) is 90.9 Å².